The van der Waals surface area contributed by atoms with Gasteiger partial charge in [0.2, 0.25) is 0 Å². The van der Waals surface area contributed by atoms with Crippen LogP contribution in [-0.2, 0) is 6.42 Å². The fraction of sp³-hybridized carbons (Fsp3) is 0.536. The summed E-state index contributed by atoms with van der Waals surface area (Å²) >= 11 is 6.64. The normalized spacial score (nSPS) is 25.2. The minimum atomic E-state index is 0.00588. The highest BCUT2D eigenvalue weighted by atomic mass is 35.5. The Balaban J connectivity index is 1.26. The van der Waals surface area contributed by atoms with Gasteiger partial charge in [-0.1, -0.05) is 31.9 Å². The third-order valence-corrected chi connectivity index (χ3v) is 8.26. The van der Waals surface area contributed by atoms with Crippen molar-refractivity contribution in [1.29, 1.82) is 0 Å². The van der Waals surface area contributed by atoms with Crippen LogP contribution in [0.4, 0.5) is 5.69 Å². The molecule has 2 bridgehead atoms. The first-order valence-electron chi connectivity index (χ1n) is 12.7. The molecule has 0 aromatic heterocycles. The molecule has 3 aliphatic rings. The van der Waals surface area contributed by atoms with Crippen LogP contribution in [0, 0.1) is 5.92 Å². The highest BCUT2D eigenvalue weighted by Crippen LogP contribution is 2.38. The van der Waals surface area contributed by atoms with E-state index in [1.807, 2.05) is 41.3 Å². The Morgan fingerprint density at radius 1 is 1.12 bits per heavy atom. The molecule has 2 unspecified atom stereocenters. The number of halogens is 1. The summed E-state index contributed by atoms with van der Waals surface area (Å²) in [5, 5.41) is 0.566. The van der Waals surface area contributed by atoms with E-state index < -0.39 is 0 Å². The second-order valence-corrected chi connectivity index (χ2v) is 10.6. The van der Waals surface area contributed by atoms with E-state index in [0.29, 0.717) is 41.9 Å². The van der Waals surface area contributed by atoms with Crippen molar-refractivity contribution in [1.82, 2.24) is 4.90 Å². The first-order chi connectivity index (χ1) is 16.4. The molecule has 0 N–H and O–H groups in total. The molecular formula is C28H35ClN2O3. The first-order valence-corrected chi connectivity index (χ1v) is 13.1. The lowest BCUT2D eigenvalue weighted by Gasteiger charge is -2.36. The van der Waals surface area contributed by atoms with Gasteiger partial charge in [0.15, 0.2) is 0 Å². The van der Waals surface area contributed by atoms with Crippen molar-refractivity contribution in [3.63, 3.8) is 0 Å². The van der Waals surface area contributed by atoms with Gasteiger partial charge in [-0.05, 0) is 87.0 Å². The lowest BCUT2D eigenvalue weighted by molar-refractivity contribution is 0.0662. The predicted molar refractivity (Wildman–Crippen MR) is 136 cm³/mol. The summed E-state index contributed by atoms with van der Waals surface area (Å²) in [6.07, 6.45) is 6.71. The lowest BCUT2D eigenvalue weighted by Crippen LogP contribution is -2.43. The monoisotopic (exact) mass is 482 g/mol. The lowest BCUT2D eigenvalue weighted by atomic mass is 9.98. The van der Waals surface area contributed by atoms with E-state index in [-0.39, 0.29) is 12.0 Å². The molecule has 4 atom stereocenters. The van der Waals surface area contributed by atoms with Gasteiger partial charge in [-0.3, -0.25) is 4.79 Å². The zero-order valence-electron chi connectivity index (χ0n) is 20.4. The number of carbonyl (C=O) groups is 1. The predicted octanol–water partition coefficient (Wildman–Crippen LogP) is 5.97. The summed E-state index contributed by atoms with van der Waals surface area (Å²) < 4.78 is 12.3. The zero-order chi connectivity index (χ0) is 23.8. The van der Waals surface area contributed by atoms with Crippen LogP contribution in [0.3, 0.4) is 0 Å². The average Bonchev–Trinajstić information content (AvgIpc) is 3.04. The number of piperidine rings is 1. The number of hydrogen-bond acceptors (Lipinski definition) is 4. The smallest absolute Gasteiger partial charge is 0.258 e. The highest BCUT2D eigenvalue weighted by molar-refractivity contribution is 6.32. The van der Waals surface area contributed by atoms with Crippen LogP contribution in [0.25, 0.3) is 0 Å². The number of carbonyl (C=O) groups excluding carboxylic acids is 1. The molecular weight excluding hydrogens is 448 g/mol. The Hall–Kier alpha value is -2.24. The molecule has 0 spiro atoms. The Kier molecular flexibility index (Phi) is 6.76. The summed E-state index contributed by atoms with van der Waals surface area (Å²) in [5.74, 6) is 2.07. The molecule has 2 fully saturated rings. The van der Waals surface area contributed by atoms with Crippen LogP contribution in [0.1, 0.15) is 61.9 Å². The molecule has 2 aromatic rings. The minimum Gasteiger partial charge on any atom is -0.493 e. The highest BCUT2D eigenvalue weighted by Gasteiger charge is 2.39. The summed E-state index contributed by atoms with van der Waals surface area (Å²) in [5.41, 5.74) is 2.60. The molecule has 6 heteroatoms. The molecule has 2 saturated heterocycles. The van der Waals surface area contributed by atoms with Gasteiger partial charge in [-0.25, -0.2) is 0 Å². The van der Waals surface area contributed by atoms with Gasteiger partial charge in [0, 0.05) is 29.9 Å². The van der Waals surface area contributed by atoms with E-state index >= 15 is 0 Å². The van der Waals surface area contributed by atoms with Gasteiger partial charge in [-0.15, -0.1) is 0 Å². The van der Waals surface area contributed by atoms with Gasteiger partial charge in [0.25, 0.3) is 5.91 Å². The number of fused-ring (bicyclic) bond motifs is 3. The van der Waals surface area contributed by atoms with Gasteiger partial charge >= 0.3 is 0 Å². The van der Waals surface area contributed by atoms with E-state index in [2.05, 4.69) is 25.8 Å². The van der Waals surface area contributed by atoms with Crippen molar-refractivity contribution in [3.8, 4) is 11.5 Å². The van der Waals surface area contributed by atoms with E-state index in [0.717, 1.165) is 48.2 Å². The summed E-state index contributed by atoms with van der Waals surface area (Å²) in [6.45, 7) is 5.66. The van der Waals surface area contributed by atoms with Crippen molar-refractivity contribution in [2.45, 2.75) is 70.6 Å². The van der Waals surface area contributed by atoms with E-state index in [1.54, 1.807) is 0 Å². The molecule has 2 aromatic carbocycles. The Morgan fingerprint density at radius 2 is 1.88 bits per heavy atom. The van der Waals surface area contributed by atoms with Crippen LogP contribution >= 0.6 is 11.6 Å². The Bertz CT molecular complexity index is 1040. The molecule has 3 aliphatic heterocycles. The number of ether oxygens (including phenoxy) is 2. The zero-order valence-corrected chi connectivity index (χ0v) is 21.2. The second kappa shape index (κ2) is 9.79. The summed E-state index contributed by atoms with van der Waals surface area (Å²) in [4.78, 5) is 17.6. The Morgan fingerprint density at radius 3 is 2.59 bits per heavy atom. The molecule has 34 heavy (non-hydrogen) atoms. The molecule has 0 aliphatic carbocycles. The number of nitrogens with zero attached hydrogens (tertiary/aromatic N) is 2. The van der Waals surface area contributed by atoms with Crippen LogP contribution in [0.15, 0.2) is 36.4 Å². The van der Waals surface area contributed by atoms with Gasteiger partial charge in [-0.2, -0.15) is 0 Å². The summed E-state index contributed by atoms with van der Waals surface area (Å²) in [6, 6.07) is 12.8. The maximum atomic E-state index is 13.3. The number of benzene rings is 2. The maximum absolute atomic E-state index is 13.3. The van der Waals surface area contributed by atoms with Crippen molar-refractivity contribution in [3.05, 3.63) is 52.5 Å². The largest absolute Gasteiger partial charge is 0.493 e. The summed E-state index contributed by atoms with van der Waals surface area (Å²) in [7, 11) is 2.23. The Labute approximate surface area is 208 Å². The maximum Gasteiger partial charge on any atom is 0.258 e. The van der Waals surface area contributed by atoms with E-state index in [4.69, 9.17) is 21.1 Å². The van der Waals surface area contributed by atoms with Crippen molar-refractivity contribution in [2.24, 2.45) is 5.92 Å². The van der Waals surface area contributed by atoms with E-state index in [9.17, 15) is 4.79 Å². The van der Waals surface area contributed by atoms with Crippen LogP contribution < -0.4 is 14.4 Å². The van der Waals surface area contributed by atoms with Crippen LogP contribution in [0.5, 0.6) is 11.5 Å². The number of amides is 1. The molecule has 5 nitrogen and oxygen atoms in total. The van der Waals surface area contributed by atoms with Gasteiger partial charge < -0.3 is 19.3 Å². The van der Waals surface area contributed by atoms with Crippen molar-refractivity contribution >= 4 is 23.2 Å². The second-order valence-electron chi connectivity index (χ2n) is 10.2. The first kappa shape index (κ1) is 23.5. The SMILES string of the molecule is CCC(C)COc1ccc2c(c1)CCN(c1ccc(OC3C[C@H]4CC[C@@H](C3)N4C)c(Cl)c1)C2=O. The molecule has 5 rings (SSSR count). The van der Waals surface area contributed by atoms with Gasteiger partial charge in [0.05, 0.1) is 11.6 Å². The third kappa shape index (κ3) is 4.65. The topological polar surface area (TPSA) is 42.0 Å². The van der Waals surface area contributed by atoms with Gasteiger partial charge in [0.1, 0.15) is 17.6 Å². The number of anilines is 1. The quantitative estimate of drug-likeness (QED) is 0.487. The average molecular weight is 483 g/mol. The minimum absolute atomic E-state index is 0.00588. The van der Waals surface area contributed by atoms with E-state index in [1.165, 1.54) is 12.8 Å². The molecule has 0 radical (unpaired) electrons. The molecule has 0 saturated carbocycles. The fourth-order valence-electron chi connectivity index (χ4n) is 5.55. The van der Waals surface area contributed by atoms with Crippen molar-refractivity contribution in [2.75, 3.05) is 25.1 Å². The molecule has 3 heterocycles. The third-order valence-electron chi connectivity index (χ3n) is 7.96. The molecule has 182 valence electrons. The molecule has 1 amide bonds. The fourth-order valence-corrected chi connectivity index (χ4v) is 5.77. The standard InChI is InChI=1S/C28H35ClN2O3/c1-4-18(2)17-33-23-8-9-25-19(13-23)11-12-31(28(25)32)22-7-10-27(26(29)16-22)34-24-14-20-5-6-21(15-24)30(20)3/h7-10,13,16,18,20-21,24H,4-6,11-12,14-15,17H2,1-3H3/t18?,20-,21+,24?. The van der Waals surface area contributed by atoms with Crippen LogP contribution in [-0.4, -0.2) is 49.2 Å². The number of hydrogen-bond donors (Lipinski definition) is 0. The van der Waals surface area contributed by atoms with Crippen LogP contribution in [0.2, 0.25) is 5.02 Å². The number of rotatable bonds is 7. The van der Waals surface area contributed by atoms with Crippen molar-refractivity contribution < 1.29 is 14.3 Å².